The molecule has 0 aromatic carbocycles. The number of nitrogens with zero attached hydrogens (tertiary/aromatic N) is 3. The van der Waals surface area contributed by atoms with Crippen LogP contribution >= 0.6 is 35.5 Å². The molecule has 1 aromatic heterocycles. The maximum absolute atomic E-state index is 5.34. The Labute approximate surface area is 83.7 Å². The van der Waals surface area contributed by atoms with E-state index in [4.69, 9.17) is 5.14 Å². The fourth-order valence-corrected chi connectivity index (χ4v) is 1.72. The van der Waals surface area contributed by atoms with E-state index in [1.807, 2.05) is 12.5 Å². The summed E-state index contributed by atoms with van der Waals surface area (Å²) in [7, 11) is 0. The van der Waals surface area contributed by atoms with Gasteiger partial charge >= 0.3 is 0 Å². The molecule has 12 heavy (non-hydrogen) atoms. The molecule has 0 amide bonds. The average molecular weight is 220 g/mol. The molecule has 66 valence electrons. The zero-order valence-corrected chi connectivity index (χ0v) is 9.09. The molecule has 1 rings (SSSR count). The summed E-state index contributed by atoms with van der Waals surface area (Å²) in [6.45, 7) is 0. The molecule has 0 saturated carbocycles. The maximum atomic E-state index is 5.34. The van der Waals surface area contributed by atoms with E-state index >= 15 is 0 Å². The molecular weight excluding hydrogens is 212 g/mol. The monoisotopic (exact) mass is 220 g/mol. The predicted octanol–water partition coefficient (Wildman–Crippen LogP) is 1.28. The third kappa shape index (κ3) is 2.51. The van der Waals surface area contributed by atoms with E-state index in [1.54, 1.807) is 0 Å². The number of rotatable bonds is 3. The molecule has 0 saturated heterocycles. The van der Waals surface area contributed by atoms with Crippen LogP contribution in [0.1, 0.15) is 0 Å². The molecular formula is C5H8N4S3. The first-order valence-electron chi connectivity index (χ1n) is 3.01. The highest BCUT2D eigenvalue weighted by molar-refractivity contribution is 7.99. The van der Waals surface area contributed by atoms with E-state index in [0.717, 1.165) is 11.9 Å². The number of aromatic nitrogens is 3. The van der Waals surface area contributed by atoms with Crippen LogP contribution in [0.2, 0.25) is 0 Å². The van der Waals surface area contributed by atoms with Crippen LogP contribution in [-0.2, 0) is 0 Å². The van der Waals surface area contributed by atoms with Crippen LogP contribution in [0.15, 0.2) is 15.5 Å². The molecule has 0 aliphatic heterocycles. The van der Waals surface area contributed by atoms with Gasteiger partial charge in [-0.2, -0.15) is 15.0 Å². The Hall–Kier alpha value is 0.0200. The molecule has 0 spiro atoms. The standard InChI is InChI=1S/C5H8N4S3/c1-10-3-7-4(11-2)9-5(8-3)12-6/h6H2,1-2H3. The van der Waals surface area contributed by atoms with E-state index in [0.29, 0.717) is 15.5 Å². The Morgan fingerprint density at radius 2 is 1.33 bits per heavy atom. The predicted molar refractivity (Wildman–Crippen MR) is 53.4 cm³/mol. The first-order chi connectivity index (χ1) is 5.80. The summed E-state index contributed by atoms with van der Waals surface area (Å²) in [5, 5.41) is 7.33. The second-order valence-corrected chi connectivity index (χ2v) is 3.86. The van der Waals surface area contributed by atoms with Gasteiger partial charge in [0.15, 0.2) is 10.3 Å². The lowest BCUT2D eigenvalue weighted by Gasteiger charge is -1.99. The number of nitrogens with two attached hydrogens (primary N) is 1. The summed E-state index contributed by atoms with van der Waals surface area (Å²) in [4.78, 5) is 12.3. The van der Waals surface area contributed by atoms with Gasteiger partial charge in [-0.1, -0.05) is 23.5 Å². The minimum absolute atomic E-state index is 0.568. The van der Waals surface area contributed by atoms with Crippen LogP contribution in [0.5, 0.6) is 0 Å². The minimum atomic E-state index is 0.568. The Bertz CT molecular complexity index is 212. The molecule has 0 atom stereocenters. The highest BCUT2D eigenvalue weighted by Crippen LogP contribution is 2.17. The highest BCUT2D eigenvalue weighted by atomic mass is 32.2. The summed E-state index contributed by atoms with van der Waals surface area (Å²) in [5.74, 6) is 0. The van der Waals surface area contributed by atoms with Crippen molar-refractivity contribution in [1.29, 1.82) is 0 Å². The van der Waals surface area contributed by atoms with E-state index in [9.17, 15) is 0 Å². The molecule has 0 radical (unpaired) electrons. The number of hydrogen-bond donors (Lipinski definition) is 1. The fraction of sp³-hybridized carbons (Fsp3) is 0.400. The Morgan fingerprint density at radius 1 is 0.917 bits per heavy atom. The van der Waals surface area contributed by atoms with Gasteiger partial charge in [0.2, 0.25) is 5.16 Å². The van der Waals surface area contributed by atoms with E-state index < -0.39 is 0 Å². The molecule has 1 aromatic rings. The van der Waals surface area contributed by atoms with Gasteiger partial charge in [-0.15, -0.1) is 0 Å². The third-order valence-electron chi connectivity index (χ3n) is 1.04. The molecule has 0 bridgehead atoms. The zero-order valence-electron chi connectivity index (χ0n) is 6.64. The summed E-state index contributed by atoms with van der Waals surface area (Å²) >= 11 is 4.01. The van der Waals surface area contributed by atoms with Gasteiger partial charge in [-0.05, 0) is 24.5 Å². The largest absolute Gasteiger partial charge is 0.271 e. The van der Waals surface area contributed by atoms with E-state index in [2.05, 4.69) is 15.0 Å². The Balaban J connectivity index is 3.01. The van der Waals surface area contributed by atoms with Gasteiger partial charge in [-0.3, -0.25) is 5.14 Å². The minimum Gasteiger partial charge on any atom is -0.271 e. The first kappa shape index (κ1) is 10.1. The SMILES string of the molecule is CSc1nc(SC)nc(SN)n1. The van der Waals surface area contributed by atoms with Crippen LogP contribution in [0.25, 0.3) is 0 Å². The number of hydrogen-bond acceptors (Lipinski definition) is 7. The smallest absolute Gasteiger partial charge is 0.207 e. The van der Waals surface area contributed by atoms with Gasteiger partial charge in [0.1, 0.15) is 0 Å². The van der Waals surface area contributed by atoms with Crippen LogP contribution in [-0.4, -0.2) is 27.5 Å². The lowest BCUT2D eigenvalue weighted by Crippen LogP contribution is -1.97. The molecule has 0 aliphatic rings. The van der Waals surface area contributed by atoms with E-state index in [-0.39, 0.29) is 0 Å². The quantitative estimate of drug-likeness (QED) is 0.608. The lowest BCUT2D eigenvalue weighted by atomic mass is 11.1. The Kier molecular flexibility index (Phi) is 4.13. The lowest BCUT2D eigenvalue weighted by molar-refractivity contribution is 0.719. The molecule has 0 unspecified atom stereocenters. The zero-order chi connectivity index (χ0) is 8.97. The van der Waals surface area contributed by atoms with Gasteiger partial charge < -0.3 is 0 Å². The molecule has 4 nitrogen and oxygen atoms in total. The van der Waals surface area contributed by atoms with Crippen molar-refractivity contribution < 1.29 is 0 Å². The molecule has 1 heterocycles. The number of thioether (sulfide) groups is 2. The van der Waals surface area contributed by atoms with Crippen LogP contribution in [0.3, 0.4) is 0 Å². The molecule has 2 N–H and O–H groups in total. The van der Waals surface area contributed by atoms with Crippen LogP contribution in [0, 0.1) is 0 Å². The molecule has 7 heteroatoms. The normalized spacial score (nSPS) is 10.2. The molecule has 0 fully saturated rings. The van der Waals surface area contributed by atoms with Crippen molar-refractivity contribution in [3.63, 3.8) is 0 Å². The summed E-state index contributed by atoms with van der Waals surface area (Å²) in [6, 6.07) is 0. The first-order valence-corrected chi connectivity index (χ1v) is 6.34. The second-order valence-electron chi connectivity index (χ2n) is 1.71. The van der Waals surface area contributed by atoms with Crippen molar-refractivity contribution >= 4 is 35.5 Å². The molecule has 0 aliphatic carbocycles. The van der Waals surface area contributed by atoms with Crippen molar-refractivity contribution in [3.05, 3.63) is 0 Å². The second kappa shape index (κ2) is 4.90. The maximum Gasteiger partial charge on any atom is 0.207 e. The summed E-state index contributed by atoms with van der Waals surface area (Å²) < 4.78 is 0. The highest BCUT2D eigenvalue weighted by Gasteiger charge is 2.03. The fourth-order valence-electron chi connectivity index (χ4n) is 0.556. The average Bonchev–Trinajstić information content (AvgIpc) is 2.16. The Morgan fingerprint density at radius 3 is 1.67 bits per heavy atom. The summed E-state index contributed by atoms with van der Waals surface area (Å²) in [6.07, 6.45) is 3.84. The van der Waals surface area contributed by atoms with E-state index in [1.165, 1.54) is 23.5 Å². The van der Waals surface area contributed by atoms with Crippen LogP contribution < -0.4 is 5.14 Å². The third-order valence-corrected chi connectivity index (χ3v) is 2.53. The summed E-state index contributed by atoms with van der Waals surface area (Å²) in [5.41, 5.74) is 0. The van der Waals surface area contributed by atoms with Crippen molar-refractivity contribution in [2.75, 3.05) is 12.5 Å². The van der Waals surface area contributed by atoms with Crippen LogP contribution in [0.4, 0.5) is 0 Å². The van der Waals surface area contributed by atoms with Gasteiger partial charge in [0.25, 0.3) is 0 Å². The van der Waals surface area contributed by atoms with Crippen molar-refractivity contribution in [3.8, 4) is 0 Å². The van der Waals surface area contributed by atoms with Gasteiger partial charge in [-0.25, -0.2) is 0 Å². The topological polar surface area (TPSA) is 64.7 Å². The van der Waals surface area contributed by atoms with Crippen molar-refractivity contribution in [1.82, 2.24) is 15.0 Å². The van der Waals surface area contributed by atoms with Crippen molar-refractivity contribution in [2.24, 2.45) is 5.14 Å². The van der Waals surface area contributed by atoms with Gasteiger partial charge in [0, 0.05) is 0 Å². The van der Waals surface area contributed by atoms with Crippen molar-refractivity contribution in [2.45, 2.75) is 15.5 Å². The van der Waals surface area contributed by atoms with Gasteiger partial charge in [0.05, 0.1) is 0 Å².